The number of esters is 1. The molecule has 0 saturated carbocycles. The summed E-state index contributed by atoms with van der Waals surface area (Å²) in [5.41, 5.74) is 1.36. The molecule has 1 aromatic carbocycles. The number of amides is 1. The van der Waals surface area contributed by atoms with Crippen molar-refractivity contribution in [2.75, 3.05) is 12.4 Å². The number of carbonyl (C=O) groups is 2. The number of benzene rings is 1. The first-order chi connectivity index (χ1) is 7.04. The number of halogens is 1. The van der Waals surface area contributed by atoms with Crippen LogP contribution in [0.15, 0.2) is 18.2 Å². The molecule has 1 aromatic rings. The van der Waals surface area contributed by atoms with Crippen molar-refractivity contribution in [3.05, 3.63) is 28.8 Å². The van der Waals surface area contributed by atoms with Gasteiger partial charge in [-0.05, 0) is 24.6 Å². The maximum absolute atomic E-state index is 11.1. The molecule has 0 spiro atoms. The molecule has 0 radical (unpaired) electrons. The fourth-order valence-corrected chi connectivity index (χ4v) is 1.27. The average Bonchev–Trinajstić information content (AvgIpc) is 2.20. The van der Waals surface area contributed by atoms with E-state index in [1.165, 1.54) is 0 Å². The normalized spacial score (nSPS) is 9.53. The van der Waals surface area contributed by atoms with Crippen LogP contribution in [0.2, 0.25) is 5.02 Å². The van der Waals surface area contributed by atoms with E-state index in [-0.39, 0.29) is 0 Å². The van der Waals surface area contributed by atoms with Crippen molar-refractivity contribution in [3.63, 3.8) is 0 Å². The molecule has 5 heteroatoms. The summed E-state index contributed by atoms with van der Waals surface area (Å²) in [4.78, 5) is 22.0. The molecule has 1 rings (SSSR count). The van der Waals surface area contributed by atoms with Crippen LogP contribution in [-0.4, -0.2) is 19.0 Å². The van der Waals surface area contributed by atoms with E-state index in [9.17, 15) is 9.59 Å². The third-order valence-electron chi connectivity index (χ3n) is 1.74. The minimum atomic E-state index is -0.952. The molecule has 0 bridgehead atoms. The van der Waals surface area contributed by atoms with Crippen LogP contribution >= 0.6 is 11.6 Å². The first-order valence-electron chi connectivity index (χ1n) is 4.20. The Labute approximate surface area is 92.2 Å². The van der Waals surface area contributed by atoms with Gasteiger partial charge in [0, 0.05) is 0 Å². The Morgan fingerprint density at radius 3 is 2.60 bits per heavy atom. The molecule has 0 aliphatic rings. The highest BCUT2D eigenvalue weighted by Gasteiger charge is 2.14. The maximum Gasteiger partial charge on any atom is 0.396 e. The first kappa shape index (κ1) is 11.5. The summed E-state index contributed by atoms with van der Waals surface area (Å²) in [6, 6.07) is 5.09. The van der Waals surface area contributed by atoms with E-state index in [4.69, 9.17) is 11.6 Å². The standard InChI is InChI=1S/C10H10ClNO3/c1-6-3-4-8(7(11)5-6)12-9(13)10(14)15-2/h3-5H,1-2H3,(H,12,13). The number of methoxy groups -OCH3 is 1. The molecule has 1 N–H and O–H groups in total. The van der Waals surface area contributed by atoms with Gasteiger partial charge in [0.25, 0.3) is 0 Å². The summed E-state index contributed by atoms with van der Waals surface area (Å²) < 4.78 is 4.25. The minimum absolute atomic E-state index is 0.382. The Hall–Kier alpha value is -1.55. The molecule has 15 heavy (non-hydrogen) atoms. The molecule has 0 aromatic heterocycles. The maximum atomic E-state index is 11.1. The van der Waals surface area contributed by atoms with Gasteiger partial charge in [-0.3, -0.25) is 4.79 Å². The Balaban J connectivity index is 2.81. The zero-order valence-corrected chi connectivity index (χ0v) is 9.09. The van der Waals surface area contributed by atoms with Crippen LogP contribution in [0.5, 0.6) is 0 Å². The second-order valence-electron chi connectivity index (χ2n) is 2.93. The Bertz CT molecular complexity index is 404. The molecular formula is C10H10ClNO3. The quantitative estimate of drug-likeness (QED) is 0.588. The highest BCUT2D eigenvalue weighted by molar-refractivity contribution is 6.39. The van der Waals surface area contributed by atoms with Crippen molar-refractivity contribution in [1.82, 2.24) is 0 Å². The van der Waals surface area contributed by atoms with Crippen molar-refractivity contribution in [2.24, 2.45) is 0 Å². The lowest BCUT2D eigenvalue weighted by molar-refractivity contribution is -0.150. The van der Waals surface area contributed by atoms with Gasteiger partial charge in [0.15, 0.2) is 0 Å². The second-order valence-corrected chi connectivity index (χ2v) is 3.34. The van der Waals surface area contributed by atoms with Gasteiger partial charge in [-0.15, -0.1) is 0 Å². The monoisotopic (exact) mass is 227 g/mol. The van der Waals surface area contributed by atoms with E-state index in [1.54, 1.807) is 18.2 Å². The minimum Gasteiger partial charge on any atom is -0.462 e. The topological polar surface area (TPSA) is 55.4 Å². The van der Waals surface area contributed by atoms with Crippen molar-refractivity contribution in [3.8, 4) is 0 Å². The van der Waals surface area contributed by atoms with Crippen molar-refractivity contribution in [1.29, 1.82) is 0 Å². The molecule has 4 nitrogen and oxygen atoms in total. The summed E-state index contributed by atoms with van der Waals surface area (Å²) >= 11 is 5.85. The molecule has 0 aliphatic heterocycles. The van der Waals surface area contributed by atoms with Crippen LogP contribution < -0.4 is 5.32 Å². The third-order valence-corrected chi connectivity index (χ3v) is 2.06. The number of ether oxygens (including phenoxy) is 1. The highest BCUT2D eigenvalue weighted by atomic mass is 35.5. The Morgan fingerprint density at radius 1 is 1.40 bits per heavy atom. The van der Waals surface area contributed by atoms with Gasteiger partial charge in [0.05, 0.1) is 17.8 Å². The van der Waals surface area contributed by atoms with E-state index in [0.717, 1.165) is 12.7 Å². The van der Waals surface area contributed by atoms with Gasteiger partial charge in [0.1, 0.15) is 0 Å². The van der Waals surface area contributed by atoms with Crippen LogP contribution in [0.25, 0.3) is 0 Å². The lowest BCUT2D eigenvalue weighted by Gasteiger charge is -2.06. The van der Waals surface area contributed by atoms with E-state index in [1.807, 2.05) is 6.92 Å². The van der Waals surface area contributed by atoms with Crippen molar-refractivity contribution >= 4 is 29.2 Å². The lowest BCUT2D eigenvalue weighted by Crippen LogP contribution is -2.23. The molecule has 0 fully saturated rings. The predicted octanol–water partition coefficient (Wildman–Crippen LogP) is 1.76. The largest absolute Gasteiger partial charge is 0.462 e. The molecule has 1 amide bonds. The molecule has 0 atom stereocenters. The zero-order valence-electron chi connectivity index (χ0n) is 8.33. The third kappa shape index (κ3) is 2.95. The van der Waals surface area contributed by atoms with Gasteiger partial charge in [-0.2, -0.15) is 0 Å². The average molecular weight is 228 g/mol. The number of hydrogen-bond acceptors (Lipinski definition) is 3. The van der Waals surface area contributed by atoms with Gasteiger partial charge < -0.3 is 10.1 Å². The van der Waals surface area contributed by atoms with Crippen molar-refractivity contribution in [2.45, 2.75) is 6.92 Å². The summed E-state index contributed by atoms with van der Waals surface area (Å²) in [5, 5.41) is 2.72. The molecule has 0 saturated heterocycles. The number of carbonyl (C=O) groups excluding carboxylic acids is 2. The first-order valence-corrected chi connectivity index (χ1v) is 4.58. The van der Waals surface area contributed by atoms with Crippen LogP contribution in [0.4, 0.5) is 5.69 Å². The summed E-state index contributed by atoms with van der Waals surface area (Å²) in [6.45, 7) is 1.87. The Kier molecular flexibility index (Phi) is 3.68. The van der Waals surface area contributed by atoms with E-state index >= 15 is 0 Å². The van der Waals surface area contributed by atoms with Crippen LogP contribution in [0.1, 0.15) is 5.56 Å². The number of hydrogen-bond donors (Lipinski definition) is 1. The highest BCUT2D eigenvalue weighted by Crippen LogP contribution is 2.22. The van der Waals surface area contributed by atoms with Gasteiger partial charge in [-0.25, -0.2) is 4.79 Å². The molecule has 0 heterocycles. The van der Waals surface area contributed by atoms with E-state index in [0.29, 0.717) is 10.7 Å². The number of anilines is 1. The SMILES string of the molecule is COC(=O)C(=O)Nc1ccc(C)cc1Cl. The second kappa shape index (κ2) is 4.79. The Morgan fingerprint density at radius 2 is 2.07 bits per heavy atom. The van der Waals surface area contributed by atoms with Crippen LogP contribution in [0, 0.1) is 6.92 Å². The fraction of sp³-hybridized carbons (Fsp3) is 0.200. The molecule has 80 valence electrons. The number of rotatable bonds is 1. The predicted molar refractivity (Wildman–Crippen MR) is 56.8 cm³/mol. The van der Waals surface area contributed by atoms with Crippen molar-refractivity contribution < 1.29 is 14.3 Å². The van der Waals surface area contributed by atoms with Crippen LogP contribution in [-0.2, 0) is 14.3 Å². The number of aryl methyl sites for hydroxylation is 1. The molecule has 0 aliphatic carbocycles. The molecule has 0 unspecified atom stereocenters. The summed E-state index contributed by atoms with van der Waals surface area (Å²) in [5.74, 6) is -1.80. The fourth-order valence-electron chi connectivity index (χ4n) is 0.988. The molecular weight excluding hydrogens is 218 g/mol. The van der Waals surface area contributed by atoms with Gasteiger partial charge in [-0.1, -0.05) is 17.7 Å². The van der Waals surface area contributed by atoms with E-state index < -0.39 is 11.9 Å². The zero-order chi connectivity index (χ0) is 11.4. The van der Waals surface area contributed by atoms with Gasteiger partial charge >= 0.3 is 11.9 Å². The smallest absolute Gasteiger partial charge is 0.396 e. The lowest BCUT2D eigenvalue weighted by atomic mass is 10.2. The summed E-state index contributed by atoms with van der Waals surface area (Å²) in [6.07, 6.45) is 0. The van der Waals surface area contributed by atoms with E-state index in [2.05, 4.69) is 10.1 Å². The van der Waals surface area contributed by atoms with Gasteiger partial charge in [0.2, 0.25) is 0 Å². The van der Waals surface area contributed by atoms with Crippen LogP contribution in [0.3, 0.4) is 0 Å². The summed E-state index contributed by atoms with van der Waals surface area (Å²) in [7, 11) is 1.14. The number of nitrogens with one attached hydrogen (secondary N) is 1.